The maximum absolute atomic E-state index is 13.3. The number of likely N-dealkylation sites (tertiary alicyclic amines) is 1. The van der Waals surface area contributed by atoms with Crippen molar-refractivity contribution in [3.8, 4) is 0 Å². The van der Waals surface area contributed by atoms with E-state index in [-0.39, 0.29) is 22.8 Å². The van der Waals surface area contributed by atoms with Crippen LogP contribution in [0.4, 0.5) is 5.69 Å². The zero-order chi connectivity index (χ0) is 22.2. The molecule has 0 bridgehead atoms. The third-order valence-electron chi connectivity index (χ3n) is 6.41. The summed E-state index contributed by atoms with van der Waals surface area (Å²) in [6.45, 7) is 1.65. The molecule has 2 aromatic carbocycles. The molecule has 3 N–H and O–H groups in total. The van der Waals surface area contributed by atoms with Crippen molar-refractivity contribution in [1.82, 2.24) is 4.90 Å². The Balaban J connectivity index is 1.62. The molecule has 2 aromatic rings. The van der Waals surface area contributed by atoms with Crippen LogP contribution in [-0.2, 0) is 14.8 Å². The van der Waals surface area contributed by atoms with Crippen LogP contribution in [0.2, 0.25) is 0 Å². The van der Waals surface area contributed by atoms with Gasteiger partial charge in [0.2, 0.25) is 15.9 Å². The molecule has 31 heavy (non-hydrogen) atoms. The summed E-state index contributed by atoms with van der Waals surface area (Å²) in [4.78, 5) is 28.3. The standard InChI is InChI=1S/C23H27N3O4S/c1-15-11-12-18(14-21(15)31(24,29)30)25-22(27)20-13-17-9-5-6-10-19(17)26(20)23(28)16-7-3-2-4-8-16/h2-4,7-8,11-12,14,17,19-20H,5-6,9-10,13H2,1H3,(H,25,27)(H2,24,29,30). The van der Waals surface area contributed by atoms with Crippen LogP contribution in [0.15, 0.2) is 53.4 Å². The molecule has 2 amide bonds. The van der Waals surface area contributed by atoms with E-state index in [4.69, 9.17) is 5.14 Å². The molecular weight excluding hydrogens is 414 g/mol. The van der Waals surface area contributed by atoms with Gasteiger partial charge in [0.25, 0.3) is 5.91 Å². The second-order valence-electron chi connectivity index (χ2n) is 8.46. The largest absolute Gasteiger partial charge is 0.324 e. The zero-order valence-corrected chi connectivity index (χ0v) is 18.3. The second-order valence-corrected chi connectivity index (χ2v) is 9.99. The zero-order valence-electron chi connectivity index (χ0n) is 17.5. The molecular formula is C23H27N3O4S. The van der Waals surface area contributed by atoms with Gasteiger partial charge in [-0.15, -0.1) is 0 Å². The van der Waals surface area contributed by atoms with Crippen molar-refractivity contribution in [3.63, 3.8) is 0 Å². The van der Waals surface area contributed by atoms with Gasteiger partial charge in [-0.1, -0.05) is 37.1 Å². The second kappa shape index (κ2) is 8.43. The van der Waals surface area contributed by atoms with Crippen molar-refractivity contribution in [2.24, 2.45) is 11.1 Å². The third-order valence-corrected chi connectivity index (χ3v) is 7.46. The average Bonchev–Trinajstić information content (AvgIpc) is 3.14. The first-order valence-electron chi connectivity index (χ1n) is 10.6. The molecule has 3 unspecified atom stereocenters. The van der Waals surface area contributed by atoms with E-state index in [1.54, 1.807) is 36.1 Å². The lowest BCUT2D eigenvalue weighted by atomic mass is 9.84. The fourth-order valence-electron chi connectivity index (χ4n) is 4.93. The fraction of sp³-hybridized carbons (Fsp3) is 0.391. The van der Waals surface area contributed by atoms with Crippen LogP contribution >= 0.6 is 0 Å². The quantitative estimate of drug-likeness (QED) is 0.760. The lowest BCUT2D eigenvalue weighted by molar-refractivity contribution is -0.120. The minimum atomic E-state index is -3.90. The number of nitrogens with zero attached hydrogens (tertiary/aromatic N) is 1. The number of fused-ring (bicyclic) bond motifs is 1. The van der Waals surface area contributed by atoms with Crippen LogP contribution in [-0.4, -0.2) is 37.2 Å². The van der Waals surface area contributed by atoms with Gasteiger partial charge in [0.15, 0.2) is 0 Å². The minimum Gasteiger partial charge on any atom is -0.324 e. The molecule has 0 aromatic heterocycles. The number of carbonyl (C=O) groups excluding carboxylic acids is 2. The smallest absolute Gasteiger partial charge is 0.254 e. The van der Waals surface area contributed by atoms with Gasteiger partial charge in [-0.2, -0.15) is 0 Å². The van der Waals surface area contributed by atoms with Gasteiger partial charge in [0.1, 0.15) is 6.04 Å². The first kappa shape index (κ1) is 21.5. The molecule has 2 fully saturated rings. The molecule has 1 saturated heterocycles. The van der Waals surface area contributed by atoms with Crippen LogP contribution in [0.3, 0.4) is 0 Å². The van der Waals surface area contributed by atoms with Crippen molar-refractivity contribution in [2.45, 2.75) is 56.0 Å². The highest BCUT2D eigenvalue weighted by Crippen LogP contribution is 2.41. The highest BCUT2D eigenvalue weighted by molar-refractivity contribution is 7.89. The molecule has 8 heteroatoms. The molecule has 0 radical (unpaired) electrons. The number of nitrogens with one attached hydrogen (secondary N) is 1. The van der Waals surface area contributed by atoms with Crippen molar-refractivity contribution in [1.29, 1.82) is 0 Å². The Morgan fingerprint density at radius 2 is 1.77 bits per heavy atom. The maximum Gasteiger partial charge on any atom is 0.254 e. The van der Waals surface area contributed by atoms with Crippen LogP contribution in [0.1, 0.15) is 48.0 Å². The summed E-state index contributed by atoms with van der Waals surface area (Å²) in [6, 6.07) is 13.1. The number of carbonyl (C=O) groups is 2. The number of hydrogen-bond donors (Lipinski definition) is 2. The summed E-state index contributed by atoms with van der Waals surface area (Å²) < 4.78 is 23.7. The fourth-order valence-corrected chi connectivity index (χ4v) is 5.73. The number of sulfonamides is 1. The first-order chi connectivity index (χ1) is 14.8. The van der Waals surface area contributed by atoms with E-state index >= 15 is 0 Å². The van der Waals surface area contributed by atoms with E-state index in [0.29, 0.717) is 29.2 Å². The maximum atomic E-state index is 13.3. The molecule has 0 spiro atoms. The summed E-state index contributed by atoms with van der Waals surface area (Å²) in [5.74, 6) is -0.137. The monoisotopic (exact) mass is 441 g/mol. The summed E-state index contributed by atoms with van der Waals surface area (Å²) in [7, 11) is -3.90. The van der Waals surface area contributed by atoms with E-state index in [1.165, 1.54) is 6.07 Å². The van der Waals surface area contributed by atoms with Crippen molar-refractivity contribution < 1.29 is 18.0 Å². The van der Waals surface area contributed by atoms with Gasteiger partial charge in [0, 0.05) is 17.3 Å². The van der Waals surface area contributed by atoms with Crippen molar-refractivity contribution >= 4 is 27.5 Å². The van der Waals surface area contributed by atoms with Crippen LogP contribution in [0.5, 0.6) is 0 Å². The molecule has 2 aliphatic rings. The molecule has 7 nitrogen and oxygen atoms in total. The summed E-state index contributed by atoms with van der Waals surface area (Å²) in [5, 5.41) is 8.11. The molecule has 1 saturated carbocycles. The molecule has 1 aliphatic heterocycles. The number of nitrogens with two attached hydrogens (primary N) is 1. The van der Waals surface area contributed by atoms with Gasteiger partial charge in [0.05, 0.1) is 4.90 Å². The van der Waals surface area contributed by atoms with Crippen LogP contribution in [0, 0.1) is 12.8 Å². The van der Waals surface area contributed by atoms with Crippen molar-refractivity contribution in [3.05, 3.63) is 59.7 Å². The van der Waals surface area contributed by atoms with Crippen molar-refractivity contribution in [2.75, 3.05) is 5.32 Å². The SMILES string of the molecule is Cc1ccc(NC(=O)C2CC3CCCCC3N2C(=O)c2ccccc2)cc1S(N)(=O)=O. The summed E-state index contributed by atoms with van der Waals surface area (Å²) in [6.07, 6.45) is 4.67. The lowest BCUT2D eigenvalue weighted by Crippen LogP contribution is -2.47. The highest BCUT2D eigenvalue weighted by Gasteiger charge is 2.47. The van der Waals surface area contributed by atoms with Gasteiger partial charge in [-0.25, -0.2) is 13.6 Å². The first-order valence-corrected chi connectivity index (χ1v) is 12.1. The van der Waals surface area contributed by atoms with E-state index < -0.39 is 16.1 Å². The topological polar surface area (TPSA) is 110 Å². The molecule has 1 heterocycles. The highest BCUT2D eigenvalue weighted by atomic mass is 32.2. The van der Waals surface area contributed by atoms with E-state index in [9.17, 15) is 18.0 Å². The Kier molecular flexibility index (Phi) is 5.85. The molecule has 1 aliphatic carbocycles. The lowest BCUT2D eigenvalue weighted by Gasteiger charge is -2.33. The van der Waals surface area contributed by atoms with Gasteiger partial charge in [-0.05, 0) is 61.9 Å². The van der Waals surface area contributed by atoms with Gasteiger partial charge >= 0.3 is 0 Å². The predicted octanol–water partition coefficient (Wildman–Crippen LogP) is 3.05. The van der Waals surface area contributed by atoms with E-state index in [0.717, 1.165) is 25.7 Å². The molecule has 4 rings (SSSR count). The van der Waals surface area contributed by atoms with Crippen LogP contribution in [0.25, 0.3) is 0 Å². The Morgan fingerprint density at radius 3 is 2.48 bits per heavy atom. The number of rotatable bonds is 4. The number of anilines is 1. The predicted molar refractivity (Wildman–Crippen MR) is 118 cm³/mol. The Hall–Kier alpha value is -2.71. The summed E-state index contributed by atoms with van der Waals surface area (Å²) in [5.41, 5.74) is 1.42. The number of amides is 2. The number of hydrogen-bond acceptors (Lipinski definition) is 4. The van der Waals surface area contributed by atoms with Gasteiger partial charge in [-0.3, -0.25) is 9.59 Å². The normalized spacial score (nSPS) is 23.3. The minimum absolute atomic E-state index is 0.0254. The van der Waals surface area contributed by atoms with E-state index in [1.807, 2.05) is 18.2 Å². The Bertz CT molecular complexity index is 1100. The van der Waals surface area contributed by atoms with E-state index in [2.05, 4.69) is 5.32 Å². The van der Waals surface area contributed by atoms with Gasteiger partial charge < -0.3 is 10.2 Å². The van der Waals surface area contributed by atoms with Crippen LogP contribution < -0.4 is 10.5 Å². The third kappa shape index (κ3) is 4.36. The number of aryl methyl sites for hydroxylation is 1. The molecule has 3 atom stereocenters. The Morgan fingerprint density at radius 1 is 1.06 bits per heavy atom. The average molecular weight is 442 g/mol. The number of benzene rings is 2. The molecule has 164 valence electrons. The number of primary sulfonamides is 1. The Labute approximate surface area is 182 Å². The summed E-state index contributed by atoms with van der Waals surface area (Å²) >= 11 is 0.